The smallest absolute Gasteiger partial charge is 0.228 e. The molecule has 8 heteroatoms. The van der Waals surface area contributed by atoms with Crippen molar-refractivity contribution in [1.82, 2.24) is 15.0 Å². The summed E-state index contributed by atoms with van der Waals surface area (Å²) in [4.78, 5) is 24.7. The number of nitrogens with two attached hydrogens (primary N) is 1. The number of primary amides is 1. The molecular formula is C22H23ClN6O. The maximum Gasteiger partial charge on any atom is 0.228 e. The molecule has 3 N–H and O–H groups in total. The number of anilines is 2. The predicted molar refractivity (Wildman–Crippen MR) is 116 cm³/mol. The molecule has 0 aromatic carbocycles. The van der Waals surface area contributed by atoms with E-state index in [2.05, 4.69) is 20.3 Å². The number of nitrogens with zero attached hydrogens (tertiary/aromatic N) is 4. The molecule has 3 rings (SSSR count). The van der Waals surface area contributed by atoms with Gasteiger partial charge in [-0.1, -0.05) is 23.8 Å². The third-order valence-electron chi connectivity index (χ3n) is 5.30. The van der Waals surface area contributed by atoms with Gasteiger partial charge >= 0.3 is 0 Å². The zero-order valence-corrected chi connectivity index (χ0v) is 17.7. The Hall–Kier alpha value is -3.24. The number of rotatable bonds is 8. The minimum atomic E-state index is -0.526. The normalized spacial score (nSPS) is 15.4. The van der Waals surface area contributed by atoms with E-state index in [-0.39, 0.29) is 5.91 Å². The van der Waals surface area contributed by atoms with Gasteiger partial charge in [0, 0.05) is 0 Å². The van der Waals surface area contributed by atoms with E-state index >= 15 is 0 Å². The standard InChI is InChI=1S/C22H23ClN6O/c1-3-14(17(4-2)22(9-10-22)20(25)30)5-8-19-18(23)13-27-21(29-19)28-16-7-6-15(11-24)26-12-16/h3-4,6-7,12-13H,5,8-10H2,1-2H3,(H2,25,30)(H,27,28,29)/b14-3-,17-4+. The summed E-state index contributed by atoms with van der Waals surface area (Å²) in [5, 5.41) is 12.4. The van der Waals surface area contributed by atoms with Gasteiger partial charge in [0.2, 0.25) is 11.9 Å². The van der Waals surface area contributed by atoms with Crippen molar-refractivity contribution in [3.05, 3.63) is 64.2 Å². The van der Waals surface area contributed by atoms with Crippen LogP contribution in [0.1, 0.15) is 44.5 Å². The van der Waals surface area contributed by atoms with Crippen molar-refractivity contribution in [1.29, 1.82) is 5.26 Å². The highest BCUT2D eigenvalue weighted by atomic mass is 35.5. The number of carbonyl (C=O) groups excluding carboxylic acids is 1. The molecule has 0 radical (unpaired) electrons. The largest absolute Gasteiger partial charge is 0.369 e. The number of halogens is 1. The fraction of sp³-hybridized carbons (Fsp3) is 0.318. The summed E-state index contributed by atoms with van der Waals surface area (Å²) >= 11 is 6.32. The summed E-state index contributed by atoms with van der Waals surface area (Å²) in [6.45, 7) is 3.90. The Kier molecular flexibility index (Phi) is 6.48. The summed E-state index contributed by atoms with van der Waals surface area (Å²) in [5.41, 5.74) is 8.93. The monoisotopic (exact) mass is 422 g/mol. The van der Waals surface area contributed by atoms with Crippen molar-refractivity contribution in [3.63, 3.8) is 0 Å². The van der Waals surface area contributed by atoms with Crippen LogP contribution < -0.4 is 11.1 Å². The number of hydrogen-bond acceptors (Lipinski definition) is 6. The average Bonchev–Trinajstić information content (AvgIpc) is 3.55. The minimum absolute atomic E-state index is 0.266. The van der Waals surface area contributed by atoms with Gasteiger partial charge < -0.3 is 11.1 Å². The van der Waals surface area contributed by atoms with Crippen LogP contribution in [0.2, 0.25) is 5.02 Å². The first-order valence-corrected chi connectivity index (χ1v) is 10.1. The van der Waals surface area contributed by atoms with E-state index in [1.54, 1.807) is 24.5 Å². The molecule has 2 aromatic heterocycles. The third kappa shape index (κ3) is 4.50. The first-order valence-electron chi connectivity index (χ1n) is 9.70. The molecule has 0 bridgehead atoms. The molecule has 1 aliphatic rings. The van der Waals surface area contributed by atoms with E-state index < -0.39 is 5.41 Å². The highest BCUT2D eigenvalue weighted by Gasteiger charge is 2.51. The van der Waals surface area contributed by atoms with Crippen LogP contribution in [0.15, 0.2) is 47.8 Å². The van der Waals surface area contributed by atoms with Gasteiger partial charge in [-0.3, -0.25) is 4.79 Å². The molecule has 154 valence electrons. The van der Waals surface area contributed by atoms with Crippen molar-refractivity contribution in [2.45, 2.75) is 39.5 Å². The number of allylic oxidation sites excluding steroid dienone is 3. The Morgan fingerprint density at radius 1 is 1.30 bits per heavy atom. The summed E-state index contributed by atoms with van der Waals surface area (Å²) in [5.74, 6) is 0.127. The van der Waals surface area contributed by atoms with E-state index in [4.69, 9.17) is 22.6 Å². The summed E-state index contributed by atoms with van der Waals surface area (Å²) in [7, 11) is 0. The summed E-state index contributed by atoms with van der Waals surface area (Å²) in [6, 6.07) is 5.32. The second-order valence-corrected chi connectivity index (χ2v) is 7.53. The molecule has 2 aromatic rings. The molecule has 0 spiro atoms. The maximum atomic E-state index is 12.0. The van der Waals surface area contributed by atoms with Gasteiger partial charge in [-0.05, 0) is 62.8 Å². The lowest BCUT2D eigenvalue weighted by Crippen LogP contribution is -2.27. The highest BCUT2D eigenvalue weighted by Crippen LogP contribution is 2.54. The van der Waals surface area contributed by atoms with Gasteiger partial charge in [0.25, 0.3) is 0 Å². The SMILES string of the molecule is C/C=C(CCc1nc(Nc2ccc(C#N)nc2)ncc1Cl)\C(=C/C)C1(C(N)=O)CC1. The molecule has 0 aliphatic heterocycles. The van der Waals surface area contributed by atoms with E-state index in [1.807, 2.05) is 32.1 Å². The lowest BCUT2D eigenvalue weighted by atomic mass is 9.86. The molecule has 7 nitrogen and oxygen atoms in total. The lowest BCUT2D eigenvalue weighted by molar-refractivity contribution is -0.121. The number of amides is 1. The first kappa shape index (κ1) is 21.5. The Morgan fingerprint density at radius 2 is 2.07 bits per heavy atom. The van der Waals surface area contributed by atoms with Crippen molar-refractivity contribution in [2.75, 3.05) is 5.32 Å². The Labute approximate surface area is 180 Å². The van der Waals surface area contributed by atoms with Gasteiger partial charge in [0.15, 0.2) is 0 Å². The third-order valence-corrected chi connectivity index (χ3v) is 5.62. The van der Waals surface area contributed by atoms with Gasteiger partial charge in [-0.25, -0.2) is 15.0 Å². The van der Waals surface area contributed by atoms with Crippen LogP contribution in [0.25, 0.3) is 0 Å². The van der Waals surface area contributed by atoms with Crippen LogP contribution >= 0.6 is 11.6 Å². The Balaban J connectivity index is 1.73. The number of nitriles is 1. The van der Waals surface area contributed by atoms with E-state index in [1.165, 1.54) is 0 Å². The Bertz CT molecular complexity index is 1050. The lowest BCUT2D eigenvalue weighted by Gasteiger charge is -2.19. The fourth-order valence-corrected chi connectivity index (χ4v) is 3.72. The molecule has 0 unspecified atom stereocenters. The number of pyridine rings is 1. The van der Waals surface area contributed by atoms with Crippen molar-refractivity contribution >= 4 is 29.1 Å². The van der Waals surface area contributed by atoms with Crippen LogP contribution in [0.4, 0.5) is 11.6 Å². The number of nitrogens with one attached hydrogen (secondary N) is 1. The van der Waals surface area contributed by atoms with Crippen molar-refractivity contribution in [2.24, 2.45) is 11.1 Å². The van der Waals surface area contributed by atoms with Crippen LogP contribution in [0.3, 0.4) is 0 Å². The molecule has 2 heterocycles. The van der Waals surface area contributed by atoms with E-state index in [9.17, 15) is 4.79 Å². The molecule has 0 saturated heterocycles. The fourth-order valence-electron chi connectivity index (χ4n) is 3.53. The molecule has 30 heavy (non-hydrogen) atoms. The quantitative estimate of drug-likeness (QED) is 0.614. The second-order valence-electron chi connectivity index (χ2n) is 7.12. The second kappa shape index (κ2) is 9.06. The van der Waals surface area contributed by atoms with Gasteiger partial charge in [0.1, 0.15) is 11.8 Å². The first-order chi connectivity index (χ1) is 14.4. The summed E-state index contributed by atoms with van der Waals surface area (Å²) in [6.07, 6.45) is 9.97. The zero-order chi connectivity index (χ0) is 21.7. The van der Waals surface area contributed by atoms with Crippen LogP contribution in [0, 0.1) is 16.7 Å². The molecular weight excluding hydrogens is 400 g/mol. The average molecular weight is 423 g/mol. The van der Waals surface area contributed by atoms with Crippen LogP contribution in [-0.2, 0) is 11.2 Å². The van der Waals surface area contributed by atoms with E-state index in [0.717, 1.165) is 24.0 Å². The van der Waals surface area contributed by atoms with Crippen molar-refractivity contribution < 1.29 is 4.79 Å². The van der Waals surface area contributed by atoms with Crippen LogP contribution in [-0.4, -0.2) is 20.9 Å². The molecule has 1 saturated carbocycles. The molecule has 1 aliphatic carbocycles. The number of hydrogen-bond donors (Lipinski definition) is 2. The maximum absolute atomic E-state index is 12.0. The van der Waals surface area contributed by atoms with Crippen LogP contribution in [0.5, 0.6) is 0 Å². The highest BCUT2D eigenvalue weighted by molar-refractivity contribution is 6.31. The molecule has 0 atom stereocenters. The predicted octanol–water partition coefficient (Wildman–Crippen LogP) is 4.23. The Morgan fingerprint density at radius 3 is 2.60 bits per heavy atom. The molecule has 1 amide bonds. The zero-order valence-electron chi connectivity index (χ0n) is 16.9. The minimum Gasteiger partial charge on any atom is -0.369 e. The van der Waals surface area contributed by atoms with Gasteiger partial charge in [-0.15, -0.1) is 0 Å². The number of carbonyl (C=O) groups is 1. The topological polar surface area (TPSA) is 118 Å². The van der Waals surface area contributed by atoms with Crippen molar-refractivity contribution in [3.8, 4) is 6.07 Å². The van der Waals surface area contributed by atoms with E-state index in [0.29, 0.717) is 40.9 Å². The number of aromatic nitrogens is 3. The number of aryl methyl sites for hydroxylation is 1. The van der Waals surface area contributed by atoms with Gasteiger partial charge in [0.05, 0.1) is 34.2 Å². The molecule has 1 fully saturated rings. The van der Waals surface area contributed by atoms with Gasteiger partial charge in [-0.2, -0.15) is 5.26 Å². The summed E-state index contributed by atoms with van der Waals surface area (Å²) < 4.78 is 0.